The van der Waals surface area contributed by atoms with E-state index in [9.17, 15) is 4.79 Å². The van der Waals surface area contributed by atoms with E-state index in [4.69, 9.17) is 5.11 Å². The third kappa shape index (κ3) is 2.97. The lowest BCUT2D eigenvalue weighted by atomic mass is 10.4. The van der Waals surface area contributed by atoms with E-state index in [-0.39, 0.29) is 5.69 Å². The molecule has 0 spiro atoms. The summed E-state index contributed by atoms with van der Waals surface area (Å²) in [4.78, 5) is 22.7. The molecular formula is C10H10N4O2S. The van der Waals surface area contributed by atoms with Crippen LogP contribution in [0, 0.1) is 6.92 Å². The summed E-state index contributed by atoms with van der Waals surface area (Å²) in [6, 6.07) is 0. The standard InChI is InChI=1S/C10H10N4O2S/c1-6-5-17-9(13-6)4-12-8-3-11-2-7(14-8)10(15)16/h2-3,5H,4H2,1H3,(H,12,14)(H,15,16). The van der Waals surface area contributed by atoms with Crippen LogP contribution in [0.25, 0.3) is 0 Å². The maximum Gasteiger partial charge on any atom is 0.356 e. The van der Waals surface area contributed by atoms with Crippen molar-refractivity contribution in [3.05, 3.63) is 34.2 Å². The van der Waals surface area contributed by atoms with Crippen molar-refractivity contribution in [2.45, 2.75) is 13.5 Å². The number of hydrogen-bond donors (Lipinski definition) is 2. The lowest BCUT2D eigenvalue weighted by molar-refractivity contribution is 0.0690. The Labute approximate surface area is 101 Å². The number of aromatic carboxylic acids is 1. The fourth-order valence-corrected chi connectivity index (χ4v) is 1.92. The maximum atomic E-state index is 10.7. The summed E-state index contributed by atoms with van der Waals surface area (Å²) in [7, 11) is 0. The second-order valence-electron chi connectivity index (χ2n) is 3.33. The minimum atomic E-state index is -1.09. The van der Waals surface area contributed by atoms with Crippen LogP contribution < -0.4 is 5.32 Å². The van der Waals surface area contributed by atoms with Gasteiger partial charge in [-0.05, 0) is 6.92 Å². The van der Waals surface area contributed by atoms with E-state index in [1.165, 1.54) is 12.4 Å². The van der Waals surface area contributed by atoms with Crippen molar-refractivity contribution in [1.82, 2.24) is 15.0 Å². The van der Waals surface area contributed by atoms with Crippen LogP contribution in [0.4, 0.5) is 5.82 Å². The summed E-state index contributed by atoms with van der Waals surface area (Å²) >= 11 is 1.54. The van der Waals surface area contributed by atoms with Gasteiger partial charge >= 0.3 is 5.97 Å². The second kappa shape index (κ2) is 4.88. The van der Waals surface area contributed by atoms with Gasteiger partial charge in [-0.15, -0.1) is 11.3 Å². The number of nitrogens with zero attached hydrogens (tertiary/aromatic N) is 3. The van der Waals surface area contributed by atoms with Gasteiger partial charge in [0.15, 0.2) is 5.69 Å². The number of anilines is 1. The molecule has 0 atom stereocenters. The van der Waals surface area contributed by atoms with Crippen LogP contribution in [0.2, 0.25) is 0 Å². The first-order valence-electron chi connectivity index (χ1n) is 4.85. The fraction of sp³-hybridized carbons (Fsp3) is 0.200. The highest BCUT2D eigenvalue weighted by molar-refractivity contribution is 7.09. The molecule has 2 heterocycles. The van der Waals surface area contributed by atoms with Crippen LogP contribution in [-0.4, -0.2) is 26.0 Å². The molecule has 2 aromatic heterocycles. The number of aryl methyl sites for hydroxylation is 1. The van der Waals surface area contributed by atoms with Crippen molar-refractivity contribution in [2.75, 3.05) is 5.32 Å². The Bertz CT molecular complexity index is 541. The van der Waals surface area contributed by atoms with Gasteiger partial charge in [-0.25, -0.2) is 14.8 Å². The summed E-state index contributed by atoms with van der Waals surface area (Å²) in [5.74, 6) is -0.663. The summed E-state index contributed by atoms with van der Waals surface area (Å²) in [6.45, 7) is 2.43. The quantitative estimate of drug-likeness (QED) is 0.856. The molecule has 0 bridgehead atoms. The smallest absolute Gasteiger partial charge is 0.356 e. The molecule has 7 heteroatoms. The number of carboxylic acids is 1. The summed E-state index contributed by atoms with van der Waals surface area (Å²) in [5.41, 5.74) is 0.891. The van der Waals surface area contributed by atoms with Gasteiger partial charge in [-0.3, -0.25) is 4.98 Å². The third-order valence-electron chi connectivity index (χ3n) is 1.94. The molecule has 0 aliphatic heterocycles. The van der Waals surface area contributed by atoms with Crippen molar-refractivity contribution < 1.29 is 9.90 Å². The minimum absolute atomic E-state index is 0.0784. The number of aromatic nitrogens is 3. The van der Waals surface area contributed by atoms with Gasteiger partial charge in [0, 0.05) is 11.1 Å². The number of carboxylic acid groups (broad SMARTS) is 1. The maximum absolute atomic E-state index is 10.7. The zero-order valence-electron chi connectivity index (χ0n) is 9.04. The lowest BCUT2D eigenvalue weighted by Crippen LogP contribution is -2.06. The second-order valence-corrected chi connectivity index (χ2v) is 4.27. The van der Waals surface area contributed by atoms with Gasteiger partial charge in [0.2, 0.25) is 0 Å². The monoisotopic (exact) mass is 250 g/mol. The van der Waals surface area contributed by atoms with Crippen molar-refractivity contribution >= 4 is 23.1 Å². The molecule has 2 rings (SSSR count). The predicted molar refractivity (Wildman–Crippen MR) is 63.2 cm³/mol. The minimum Gasteiger partial charge on any atom is -0.476 e. The van der Waals surface area contributed by atoms with Crippen LogP contribution >= 0.6 is 11.3 Å². The van der Waals surface area contributed by atoms with Gasteiger partial charge in [0.05, 0.1) is 18.9 Å². The van der Waals surface area contributed by atoms with Crippen molar-refractivity contribution in [3.63, 3.8) is 0 Å². The largest absolute Gasteiger partial charge is 0.476 e. The highest BCUT2D eigenvalue weighted by atomic mass is 32.1. The van der Waals surface area contributed by atoms with E-state index in [0.717, 1.165) is 10.7 Å². The van der Waals surface area contributed by atoms with E-state index < -0.39 is 5.97 Å². The number of carbonyl (C=O) groups is 1. The van der Waals surface area contributed by atoms with E-state index >= 15 is 0 Å². The van der Waals surface area contributed by atoms with Crippen LogP contribution in [-0.2, 0) is 6.54 Å². The SMILES string of the molecule is Cc1csc(CNc2cncc(C(=O)O)n2)n1. The fourth-order valence-electron chi connectivity index (χ4n) is 1.20. The van der Waals surface area contributed by atoms with Crippen molar-refractivity contribution in [2.24, 2.45) is 0 Å². The molecular weight excluding hydrogens is 240 g/mol. The molecule has 0 unspecified atom stereocenters. The lowest BCUT2D eigenvalue weighted by Gasteiger charge is -2.02. The molecule has 0 radical (unpaired) electrons. The van der Waals surface area contributed by atoms with E-state index in [1.54, 1.807) is 11.3 Å². The number of rotatable bonds is 4. The van der Waals surface area contributed by atoms with E-state index in [2.05, 4.69) is 20.3 Å². The molecule has 6 nitrogen and oxygen atoms in total. The molecule has 0 fully saturated rings. The molecule has 0 aliphatic carbocycles. The van der Waals surface area contributed by atoms with Gasteiger partial charge in [-0.2, -0.15) is 0 Å². The third-order valence-corrected chi connectivity index (χ3v) is 2.91. The molecule has 88 valence electrons. The molecule has 0 aromatic carbocycles. The van der Waals surface area contributed by atoms with E-state index in [1.807, 2.05) is 12.3 Å². The van der Waals surface area contributed by atoms with Crippen LogP contribution in [0.5, 0.6) is 0 Å². The van der Waals surface area contributed by atoms with Gasteiger partial charge in [0.1, 0.15) is 10.8 Å². The number of thiazole rings is 1. The number of hydrogen-bond acceptors (Lipinski definition) is 6. The summed E-state index contributed by atoms with van der Waals surface area (Å²) in [5, 5.41) is 14.6. The molecule has 2 aromatic rings. The Balaban J connectivity index is 2.04. The Kier molecular flexibility index (Phi) is 3.29. The summed E-state index contributed by atoms with van der Waals surface area (Å²) in [6.07, 6.45) is 2.69. The average Bonchev–Trinajstić information content (AvgIpc) is 2.73. The topological polar surface area (TPSA) is 88.0 Å². The Morgan fingerprint density at radius 3 is 2.94 bits per heavy atom. The normalized spacial score (nSPS) is 10.2. The Morgan fingerprint density at radius 2 is 2.29 bits per heavy atom. The van der Waals surface area contributed by atoms with Gasteiger partial charge in [-0.1, -0.05) is 0 Å². The van der Waals surface area contributed by atoms with Gasteiger partial charge < -0.3 is 10.4 Å². The summed E-state index contributed by atoms with van der Waals surface area (Å²) < 4.78 is 0. The first-order valence-corrected chi connectivity index (χ1v) is 5.73. The first kappa shape index (κ1) is 11.5. The Hall–Kier alpha value is -2.02. The average molecular weight is 250 g/mol. The van der Waals surface area contributed by atoms with Crippen molar-refractivity contribution in [3.8, 4) is 0 Å². The molecule has 2 N–H and O–H groups in total. The molecule has 0 amide bonds. The number of nitrogens with one attached hydrogen (secondary N) is 1. The van der Waals surface area contributed by atoms with E-state index in [0.29, 0.717) is 12.4 Å². The molecule has 17 heavy (non-hydrogen) atoms. The molecule has 0 saturated heterocycles. The van der Waals surface area contributed by atoms with Gasteiger partial charge in [0.25, 0.3) is 0 Å². The highest BCUT2D eigenvalue weighted by Gasteiger charge is 2.06. The van der Waals surface area contributed by atoms with Crippen molar-refractivity contribution in [1.29, 1.82) is 0 Å². The Morgan fingerprint density at radius 1 is 1.47 bits per heavy atom. The molecule has 0 saturated carbocycles. The van der Waals surface area contributed by atoms with Crippen LogP contribution in [0.1, 0.15) is 21.2 Å². The van der Waals surface area contributed by atoms with Crippen LogP contribution in [0.3, 0.4) is 0 Å². The molecule has 0 aliphatic rings. The first-order chi connectivity index (χ1) is 8.15. The zero-order valence-corrected chi connectivity index (χ0v) is 9.86. The zero-order chi connectivity index (χ0) is 12.3. The highest BCUT2D eigenvalue weighted by Crippen LogP contribution is 2.11. The van der Waals surface area contributed by atoms with Crippen LogP contribution in [0.15, 0.2) is 17.8 Å². The predicted octanol–water partition coefficient (Wildman–Crippen LogP) is 1.55.